The number of hydrogen-bond donors (Lipinski definition) is 9. The van der Waals surface area contributed by atoms with E-state index in [1.54, 1.807) is 12.3 Å². The molecule has 4 unspecified atom stereocenters. The summed E-state index contributed by atoms with van der Waals surface area (Å²) in [6, 6.07) is 2.02. The Labute approximate surface area is 228 Å². The van der Waals surface area contributed by atoms with Gasteiger partial charge in [-0.25, -0.2) is 4.79 Å². The SMILES string of the molecule is NC(=O)CCC(NC(=O)C(Cc1c[nH]c2ccccc12)NC(=O)C(N)CCC(=O)O)C(=O)NC(CS)C(=O)O. The maximum atomic E-state index is 13.4. The first kappa shape index (κ1) is 31.1. The molecule has 39 heavy (non-hydrogen) atoms. The number of nitrogens with two attached hydrogens (primary N) is 2. The van der Waals surface area contributed by atoms with Gasteiger partial charge in [-0.15, -0.1) is 0 Å². The quantitative estimate of drug-likeness (QED) is 0.109. The Morgan fingerprint density at radius 2 is 1.49 bits per heavy atom. The standard InChI is InChI=1S/C24H32N6O8S/c25-14(5-8-20(32)33)21(34)29-17(9-12-10-27-15-4-2-1-3-13(12)15)23(36)28-16(6-7-19(26)31)22(35)30-18(11-39)24(37)38/h1-4,10,14,16-18,27,39H,5-9,11,25H2,(H2,26,31)(H,28,36)(H,29,34)(H,30,35)(H,32,33)(H,37,38). The number of carboxylic acids is 2. The van der Waals surface area contributed by atoms with Gasteiger partial charge in [-0.3, -0.25) is 24.0 Å². The molecular formula is C24H32N6O8S. The van der Waals surface area contributed by atoms with E-state index in [0.29, 0.717) is 5.56 Å². The molecule has 0 bridgehead atoms. The number of aromatic amines is 1. The molecule has 0 saturated heterocycles. The molecule has 10 N–H and O–H groups in total. The van der Waals surface area contributed by atoms with E-state index in [-0.39, 0.29) is 37.9 Å². The molecule has 2 aromatic rings. The summed E-state index contributed by atoms with van der Waals surface area (Å²) in [6.45, 7) is 0. The molecule has 0 aliphatic heterocycles. The molecule has 0 aliphatic carbocycles. The van der Waals surface area contributed by atoms with E-state index in [1.807, 2.05) is 18.2 Å². The van der Waals surface area contributed by atoms with Crippen LogP contribution in [0.2, 0.25) is 0 Å². The third-order valence-corrected chi connectivity index (χ3v) is 6.21. The topological polar surface area (TPSA) is 247 Å². The van der Waals surface area contributed by atoms with Gasteiger partial charge < -0.3 is 42.6 Å². The maximum absolute atomic E-state index is 13.4. The summed E-state index contributed by atoms with van der Waals surface area (Å²) in [4.78, 5) is 75.5. The zero-order chi connectivity index (χ0) is 29.1. The number of hydrogen-bond acceptors (Lipinski definition) is 8. The maximum Gasteiger partial charge on any atom is 0.327 e. The van der Waals surface area contributed by atoms with Gasteiger partial charge in [0.2, 0.25) is 23.6 Å². The molecule has 0 saturated carbocycles. The van der Waals surface area contributed by atoms with Gasteiger partial charge in [-0.1, -0.05) is 18.2 Å². The number of thiol groups is 1. The highest BCUT2D eigenvalue weighted by Crippen LogP contribution is 2.19. The molecule has 2 rings (SSSR count). The van der Waals surface area contributed by atoms with Crippen molar-refractivity contribution in [2.75, 3.05) is 5.75 Å². The molecule has 15 heteroatoms. The first-order valence-corrected chi connectivity index (χ1v) is 12.6. The molecule has 0 aliphatic rings. The normalized spacial score (nSPS) is 14.0. The Balaban J connectivity index is 2.30. The Morgan fingerprint density at radius 1 is 0.872 bits per heavy atom. The molecule has 4 amide bonds. The van der Waals surface area contributed by atoms with Crippen LogP contribution < -0.4 is 27.4 Å². The summed E-state index contributed by atoms with van der Waals surface area (Å²) < 4.78 is 0. The van der Waals surface area contributed by atoms with Gasteiger partial charge in [0.15, 0.2) is 0 Å². The van der Waals surface area contributed by atoms with E-state index in [0.717, 1.165) is 10.9 Å². The van der Waals surface area contributed by atoms with Gasteiger partial charge in [-0.05, 0) is 24.5 Å². The summed E-state index contributed by atoms with van der Waals surface area (Å²) in [5.74, 6) is -5.96. The lowest BCUT2D eigenvalue weighted by atomic mass is 10.0. The second kappa shape index (κ2) is 14.7. The number of aromatic nitrogens is 1. The van der Waals surface area contributed by atoms with Gasteiger partial charge in [0, 0.05) is 42.1 Å². The average Bonchev–Trinajstić information content (AvgIpc) is 3.29. The average molecular weight is 565 g/mol. The number of benzene rings is 1. The van der Waals surface area contributed by atoms with Gasteiger partial charge >= 0.3 is 11.9 Å². The zero-order valence-electron chi connectivity index (χ0n) is 20.9. The highest BCUT2D eigenvalue weighted by atomic mass is 32.1. The van der Waals surface area contributed by atoms with Crippen LogP contribution in [0.15, 0.2) is 30.5 Å². The van der Waals surface area contributed by atoms with Crippen molar-refractivity contribution >= 4 is 59.1 Å². The fourth-order valence-corrected chi connectivity index (χ4v) is 3.95. The van der Waals surface area contributed by atoms with E-state index < -0.39 is 59.7 Å². The van der Waals surface area contributed by atoms with Gasteiger partial charge in [0.1, 0.15) is 18.1 Å². The van der Waals surface area contributed by atoms with E-state index in [1.165, 1.54) is 0 Å². The lowest BCUT2D eigenvalue weighted by molar-refractivity contribution is -0.142. The van der Waals surface area contributed by atoms with Crippen LogP contribution in [0.4, 0.5) is 0 Å². The van der Waals surface area contributed by atoms with Crippen LogP contribution in [0.1, 0.15) is 31.2 Å². The van der Waals surface area contributed by atoms with Crippen LogP contribution in [0.5, 0.6) is 0 Å². The van der Waals surface area contributed by atoms with Crippen molar-refractivity contribution < 1.29 is 39.0 Å². The molecule has 212 valence electrons. The summed E-state index contributed by atoms with van der Waals surface area (Å²) in [5.41, 5.74) is 12.4. The zero-order valence-corrected chi connectivity index (χ0v) is 21.8. The number of carboxylic acid groups (broad SMARTS) is 2. The largest absolute Gasteiger partial charge is 0.481 e. The van der Waals surface area contributed by atoms with Gasteiger partial charge in [0.25, 0.3) is 0 Å². The van der Waals surface area contributed by atoms with Crippen LogP contribution in [-0.4, -0.2) is 80.7 Å². The van der Waals surface area contributed by atoms with E-state index in [2.05, 4.69) is 33.6 Å². The molecule has 4 atom stereocenters. The monoisotopic (exact) mass is 564 g/mol. The number of amides is 4. The summed E-state index contributed by atoms with van der Waals surface area (Å²) in [7, 11) is 0. The number of nitrogens with one attached hydrogen (secondary N) is 4. The van der Waals surface area contributed by atoms with Crippen molar-refractivity contribution in [2.24, 2.45) is 11.5 Å². The first-order chi connectivity index (χ1) is 18.4. The fourth-order valence-electron chi connectivity index (χ4n) is 3.70. The number of primary amides is 1. The highest BCUT2D eigenvalue weighted by Gasteiger charge is 2.31. The first-order valence-electron chi connectivity index (χ1n) is 12.0. The van der Waals surface area contributed by atoms with Crippen LogP contribution in [0.25, 0.3) is 10.9 Å². The predicted octanol–water partition coefficient (Wildman–Crippen LogP) is -1.36. The van der Waals surface area contributed by atoms with Crippen molar-refractivity contribution in [3.05, 3.63) is 36.0 Å². The smallest absolute Gasteiger partial charge is 0.327 e. The lowest BCUT2D eigenvalue weighted by Gasteiger charge is -2.25. The van der Waals surface area contributed by atoms with Crippen molar-refractivity contribution in [2.45, 2.75) is 56.3 Å². The second-order valence-corrected chi connectivity index (χ2v) is 9.18. The van der Waals surface area contributed by atoms with Gasteiger partial charge in [-0.2, -0.15) is 12.6 Å². The second-order valence-electron chi connectivity index (χ2n) is 8.81. The summed E-state index contributed by atoms with van der Waals surface area (Å²) >= 11 is 3.89. The molecule has 1 aromatic heterocycles. The van der Waals surface area contributed by atoms with Crippen LogP contribution in [0, 0.1) is 0 Å². The molecule has 1 aromatic carbocycles. The molecule has 1 heterocycles. The third kappa shape index (κ3) is 9.61. The third-order valence-electron chi connectivity index (χ3n) is 5.85. The number of aliphatic carboxylic acids is 2. The van der Waals surface area contributed by atoms with Crippen molar-refractivity contribution in [3.63, 3.8) is 0 Å². The van der Waals surface area contributed by atoms with E-state index in [4.69, 9.17) is 16.6 Å². The van der Waals surface area contributed by atoms with Crippen LogP contribution in [-0.2, 0) is 35.2 Å². The van der Waals surface area contributed by atoms with E-state index in [9.17, 15) is 33.9 Å². The minimum Gasteiger partial charge on any atom is -0.481 e. The number of carbonyl (C=O) groups is 6. The van der Waals surface area contributed by atoms with Gasteiger partial charge in [0.05, 0.1) is 6.04 Å². The highest BCUT2D eigenvalue weighted by molar-refractivity contribution is 7.80. The Morgan fingerprint density at radius 3 is 2.10 bits per heavy atom. The predicted molar refractivity (Wildman–Crippen MR) is 143 cm³/mol. The Hall–Kier alpha value is -4.11. The lowest BCUT2D eigenvalue weighted by Crippen LogP contribution is -2.58. The minimum absolute atomic E-state index is 0.0359. The Kier molecular flexibility index (Phi) is 11.7. The number of para-hydroxylation sites is 1. The number of fused-ring (bicyclic) bond motifs is 1. The van der Waals surface area contributed by atoms with Crippen molar-refractivity contribution in [1.29, 1.82) is 0 Å². The summed E-state index contributed by atoms with van der Waals surface area (Å²) in [5, 5.41) is 26.1. The van der Waals surface area contributed by atoms with E-state index >= 15 is 0 Å². The Bertz CT molecular complexity index is 1220. The number of rotatable bonds is 16. The molecular weight excluding hydrogens is 532 g/mol. The van der Waals surface area contributed by atoms with Crippen molar-refractivity contribution in [1.82, 2.24) is 20.9 Å². The number of carbonyl (C=O) groups excluding carboxylic acids is 4. The van der Waals surface area contributed by atoms with Crippen molar-refractivity contribution in [3.8, 4) is 0 Å². The minimum atomic E-state index is -1.37. The van der Waals surface area contributed by atoms with Crippen LogP contribution in [0.3, 0.4) is 0 Å². The molecule has 0 spiro atoms. The fraction of sp³-hybridized carbons (Fsp3) is 0.417. The molecule has 0 radical (unpaired) electrons. The number of H-pyrrole nitrogens is 1. The van der Waals surface area contributed by atoms with Crippen LogP contribution >= 0.6 is 12.6 Å². The molecule has 0 fully saturated rings. The summed E-state index contributed by atoms with van der Waals surface area (Å²) in [6.07, 6.45) is 0.550. The molecule has 14 nitrogen and oxygen atoms in total.